The third-order valence-electron chi connectivity index (χ3n) is 13.9. The lowest BCUT2D eigenvalue weighted by molar-refractivity contribution is -0.392. The molecule has 0 unspecified atom stereocenters. The van der Waals surface area contributed by atoms with Crippen LogP contribution in [0.5, 0.6) is 5.75 Å². The van der Waals surface area contributed by atoms with Gasteiger partial charge >= 0.3 is 11.4 Å². The average Bonchev–Trinajstić information content (AvgIpc) is 3.93. The van der Waals surface area contributed by atoms with Gasteiger partial charge in [-0.25, -0.2) is 9.80 Å². The van der Waals surface area contributed by atoms with Gasteiger partial charge in [-0.2, -0.15) is 5.10 Å². The number of rotatable bonds is 7. The Hall–Kier alpha value is -6.98. The lowest BCUT2D eigenvalue weighted by atomic mass is 9.51. The Kier molecular flexibility index (Phi) is 9.15. The van der Waals surface area contributed by atoms with Crippen molar-refractivity contribution in [1.82, 2.24) is 9.78 Å². The molecule has 4 aromatic carbocycles. The first-order chi connectivity index (χ1) is 30.4. The molecular weight excluding hydrogens is 862 g/mol. The molecule has 6 aromatic rings. The second-order valence-corrected chi connectivity index (χ2v) is 18.8. The molecular formula is C46H38ClN7O9S. The molecule has 0 bridgehead atoms. The molecule has 4 heterocycles. The van der Waals surface area contributed by atoms with Crippen LogP contribution in [-0.4, -0.2) is 62.5 Å². The number of phenols is 1. The third-order valence-corrected chi connectivity index (χ3v) is 15.4. The fraction of sp³-hybridized carbons (Fsp3) is 0.283. The zero-order valence-electron chi connectivity index (χ0n) is 34.9. The van der Waals surface area contributed by atoms with Crippen LogP contribution in [0.4, 0.5) is 28.6 Å². The Morgan fingerprint density at radius 2 is 1.56 bits per heavy atom. The second kappa shape index (κ2) is 14.3. The molecule has 4 aliphatic rings. The highest BCUT2D eigenvalue weighted by Gasteiger charge is 2.68. The highest BCUT2D eigenvalue weighted by Crippen LogP contribution is 2.64. The molecule has 324 valence electrons. The number of fused-ring (bicyclic) bond motifs is 6. The van der Waals surface area contributed by atoms with Gasteiger partial charge < -0.3 is 10.0 Å². The number of phenolic OH excluding ortho intramolecular Hbond substituents is 1. The number of aromatic nitrogens is 2. The van der Waals surface area contributed by atoms with Gasteiger partial charge in [0.15, 0.2) is 5.69 Å². The van der Waals surface area contributed by atoms with E-state index in [1.807, 2.05) is 43.3 Å². The molecule has 3 fully saturated rings. The van der Waals surface area contributed by atoms with Crippen molar-refractivity contribution in [2.45, 2.75) is 32.6 Å². The first kappa shape index (κ1) is 41.1. The van der Waals surface area contributed by atoms with Crippen molar-refractivity contribution >= 4 is 96.0 Å². The molecule has 18 heteroatoms. The Morgan fingerprint density at radius 3 is 2.23 bits per heavy atom. The Labute approximate surface area is 373 Å². The smallest absolute Gasteiger partial charge is 0.301 e. The Bertz CT molecular complexity index is 3140. The van der Waals surface area contributed by atoms with E-state index in [-0.39, 0.29) is 35.8 Å². The van der Waals surface area contributed by atoms with E-state index in [1.54, 1.807) is 44.3 Å². The number of benzene rings is 4. The zero-order valence-corrected chi connectivity index (χ0v) is 36.5. The Balaban J connectivity index is 1.11. The van der Waals surface area contributed by atoms with E-state index < -0.39 is 79.9 Å². The minimum Gasteiger partial charge on any atom is -0.507 e. The van der Waals surface area contributed by atoms with E-state index in [2.05, 4.69) is 0 Å². The van der Waals surface area contributed by atoms with Crippen molar-refractivity contribution in [3.63, 3.8) is 0 Å². The summed E-state index contributed by atoms with van der Waals surface area (Å²) in [6, 6.07) is 19.8. The van der Waals surface area contributed by atoms with Crippen LogP contribution in [-0.2, 0) is 26.2 Å². The van der Waals surface area contributed by atoms with Crippen LogP contribution in [0.1, 0.15) is 36.8 Å². The number of thiophene rings is 1. The average molecular weight is 900 g/mol. The summed E-state index contributed by atoms with van der Waals surface area (Å²) in [6.45, 7) is 3.73. The summed E-state index contributed by atoms with van der Waals surface area (Å²) >= 11 is 7.85. The number of nitrogens with zero attached hydrogens (tertiary/aromatic N) is 7. The molecule has 1 saturated carbocycles. The van der Waals surface area contributed by atoms with Crippen LogP contribution in [0.25, 0.3) is 31.4 Å². The fourth-order valence-corrected chi connectivity index (χ4v) is 12.4. The molecule has 64 heavy (non-hydrogen) atoms. The number of carbonyl (C=O) groups excluding carboxylic acids is 4. The molecule has 1 N–H and O–H groups in total. The maximum absolute atomic E-state index is 15.4. The number of anilines is 3. The molecule has 2 saturated heterocycles. The zero-order chi connectivity index (χ0) is 45.4. The fourth-order valence-electron chi connectivity index (χ4n) is 11.1. The van der Waals surface area contributed by atoms with E-state index in [0.717, 1.165) is 37.6 Å². The molecule has 0 spiro atoms. The first-order valence-electron chi connectivity index (χ1n) is 20.5. The van der Waals surface area contributed by atoms with Gasteiger partial charge in [0.05, 0.1) is 43.6 Å². The number of aryl methyl sites for hydroxylation is 2. The summed E-state index contributed by atoms with van der Waals surface area (Å²) in [5, 5.41) is 43.1. The van der Waals surface area contributed by atoms with Crippen LogP contribution < -0.4 is 14.7 Å². The molecule has 4 amide bonds. The summed E-state index contributed by atoms with van der Waals surface area (Å²) in [7, 11) is 4.50. The lowest BCUT2D eigenvalue weighted by Gasteiger charge is -2.49. The number of nitro benzene ring substituents is 2. The largest absolute Gasteiger partial charge is 0.507 e. The summed E-state index contributed by atoms with van der Waals surface area (Å²) in [5.41, 5.74) is -0.535. The van der Waals surface area contributed by atoms with Crippen molar-refractivity contribution < 1.29 is 34.1 Å². The quantitative estimate of drug-likeness (QED) is 0.0697. The number of amides is 4. The molecule has 2 aliphatic heterocycles. The van der Waals surface area contributed by atoms with Crippen LogP contribution in [0, 0.1) is 56.2 Å². The van der Waals surface area contributed by atoms with E-state index in [0.29, 0.717) is 32.6 Å². The molecule has 2 aliphatic carbocycles. The van der Waals surface area contributed by atoms with Gasteiger partial charge in [-0.1, -0.05) is 53.6 Å². The summed E-state index contributed by atoms with van der Waals surface area (Å²) < 4.78 is 2.50. The van der Waals surface area contributed by atoms with Crippen LogP contribution in [0.3, 0.4) is 0 Å². The topological polar surface area (TPSA) is 202 Å². The highest BCUT2D eigenvalue weighted by molar-refractivity contribution is 7.22. The van der Waals surface area contributed by atoms with Crippen molar-refractivity contribution in [1.29, 1.82) is 0 Å². The highest BCUT2D eigenvalue weighted by atomic mass is 35.5. The molecule has 16 nitrogen and oxygen atoms in total. The van der Waals surface area contributed by atoms with Gasteiger partial charge in [-0.3, -0.25) is 44.1 Å². The summed E-state index contributed by atoms with van der Waals surface area (Å²) in [6.07, 6.45) is 1.93. The number of imide groups is 2. The number of nitro groups is 2. The maximum atomic E-state index is 15.4. The number of halogens is 1. The third kappa shape index (κ3) is 5.62. The van der Waals surface area contributed by atoms with Crippen molar-refractivity contribution in [3.8, 4) is 16.3 Å². The van der Waals surface area contributed by atoms with Gasteiger partial charge in [0.25, 0.3) is 0 Å². The molecule has 10 rings (SSSR count). The minimum atomic E-state index is -1.44. The number of hydrogen-bond donors (Lipinski definition) is 1. The number of hydrogen-bond acceptors (Lipinski definition) is 12. The summed E-state index contributed by atoms with van der Waals surface area (Å²) in [5.74, 6) is -6.75. The predicted octanol–water partition coefficient (Wildman–Crippen LogP) is 8.44. The van der Waals surface area contributed by atoms with Gasteiger partial charge in [0, 0.05) is 60.4 Å². The van der Waals surface area contributed by atoms with Crippen molar-refractivity contribution in [3.05, 3.63) is 121 Å². The van der Waals surface area contributed by atoms with Crippen LogP contribution >= 0.6 is 22.9 Å². The van der Waals surface area contributed by atoms with Crippen LogP contribution in [0.2, 0.25) is 5.02 Å². The molecule has 2 aromatic heterocycles. The van der Waals surface area contributed by atoms with E-state index in [4.69, 9.17) is 16.7 Å². The number of aromatic hydroxyl groups is 1. The van der Waals surface area contributed by atoms with Gasteiger partial charge in [0.2, 0.25) is 23.6 Å². The molecule has 6 atom stereocenters. The van der Waals surface area contributed by atoms with E-state index in [9.17, 15) is 34.9 Å². The normalized spacial score (nSPS) is 24.0. The van der Waals surface area contributed by atoms with Crippen molar-refractivity contribution in [2.24, 2.45) is 36.1 Å². The Morgan fingerprint density at radius 1 is 0.875 bits per heavy atom. The van der Waals surface area contributed by atoms with E-state index >= 15 is 9.59 Å². The van der Waals surface area contributed by atoms with Gasteiger partial charge in [-0.15, -0.1) is 11.3 Å². The molecule has 0 radical (unpaired) electrons. The predicted molar refractivity (Wildman–Crippen MR) is 241 cm³/mol. The number of carbonyl (C=O) groups is 4. The monoisotopic (exact) mass is 899 g/mol. The van der Waals surface area contributed by atoms with E-state index in [1.165, 1.54) is 39.9 Å². The minimum absolute atomic E-state index is 0.00467. The van der Waals surface area contributed by atoms with Gasteiger partial charge in [0.1, 0.15) is 17.3 Å². The maximum Gasteiger partial charge on any atom is 0.301 e. The standard InChI is InChI=1S/C46H38ClN7O9S/c1-21-29-16-22(47)10-15-36(29)64-41(21)32-20-37(50(5)48-32)52-43(57)31-19-30-27(39(46(31,2)45(52)59)26-13-14-35(55)25-9-7-6-8-24(25)26)11-12-28-38(30)44(58)51(42(28)56)23-17-33(53(60)61)40(49(3)4)34(18-23)54(62)63/h6-11,13-18,20,28,30-31,38-39,55H,12,19H2,1-5H3/t28-,30+,31-,38-,39-,46+/m0/s1. The van der Waals surface area contributed by atoms with Gasteiger partial charge in [-0.05, 0) is 78.8 Å². The SMILES string of the molecule is Cc1c(-c2cc(N3C(=O)[C@@H]4C[C@@H]5C(=CC[C@@H]6C(=O)N(c7cc([N+](=O)[O-])c(N(C)C)c([N+](=O)[O-])c7)C(=O)[C@@H]65)[C@H](c5ccc(O)c6ccccc56)[C@]4(C)C3=O)n(C)n2)sc2ccc(Cl)cc12. The van der Waals surface area contributed by atoms with Crippen molar-refractivity contribution in [2.75, 3.05) is 28.8 Å². The number of allylic oxidation sites excluding steroid dienone is 2. The lowest BCUT2D eigenvalue weighted by Crippen LogP contribution is -2.49. The first-order valence-corrected chi connectivity index (χ1v) is 21.7. The summed E-state index contributed by atoms with van der Waals surface area (Å²) in [4.78, 5) is 87.0. The second-order valence-electron chi connectivity index (χ2n) is 17.3. The van der Waals surface area contributed by atoms with Crippen LogP contribution in [0.15, 0.2) is 84.4 Å².